The Morgan fingerprint density at radius 2 is 1.87 bits per heavy atom. The van der Waals surface area contributed by atoms with Crippen molar-refractivity contribution >= 4 is 28.2 Å². The number of hydrogen-bond donors (Lipinski definition) is 2. The summed E-state index contributed by atoms with van der Waals surface area (Å²) < 4.78 is 7.59. The van der Waals surface area contributed by atoms with Gasteiger partial charge in [-0.3, -0.25) is 10.3 Å². The van der Waals surface area contributed by atoms with Crippen LogP contribution in [0.2, 0.25) is 0 Å². The quantitative estimate of drug-likeness (QED) is 0.463. The van der Waals surface area contributed by atoms with Gasteiger partial charge in [-0.15, -0.1) is 0 Å². The van der Waals surface area contributed by atoms with Gasteiger partial charge in [0.2, 0.25) is 11.5 Å². The molecule has 2 heterocycles. The van der Waals surface area contributed by atoms with E-state index in [9.17, 15) is 10.5 Å². The van der Waals surface area contributed by atoms with E-state index in [0.717, 1.165) is 45.1 Å². The highest BCUT2D eigenvalue weighted by atomic mass is 16.5. The number of anilines is 2. The molecule has 2 aromatic carbocycles. The number of pyridine rings is 1. The molecular formula is C24H22N5O+. The SMILES string of the molecule is CCOc1ccc(Nc2c(CCC#N)c(C)c(C#N)c3[nH]c4ccccc4[n+]23)cc1. The molecule has 0 fully saturated rings. The maximum Gasteiger partial charge on any atom is 0.250 e. The zero-order chi connectivity index (χ0) is 21.1. The van der Waals surface area contributed by atoms with Crippen molar-refractivity contribution < 1.29 is 9.14 Å². The van der Waals surface area contributed by atoms with Crippen LogP contribution in [0.5, 0.6) is 5.75 Å². The first-order valence-corrected chi connectivity index (χ1v) is 9.92. The number of hydrogen-bond acceptors (Lipinski definition) is 4. The Morgan fingerprint density at radius 1 is 1.10 bits per heavy atom. The molecule has 4 rings (SSSR count). The molecule has 0 atom stereocenters. The number of nitrogens with one attached hydrogen (secondary N) is 2. The highest BCUT2D eigenvalue weighted by molar-refractivity contribution is 5.78. The topological polar surface area (TPSA) is 88.7 Å². The number of rotatable bonds is 6. The van der Waals surface area contributed by atoms with Crippen molar-refractivity contribution in [2.24, 2.45) is 0 Å². The summed E-state index contributed by atoms with van der Waals surface area (Å²) in [6.45, 7) is 4.52. The van der Waals surface area contributed by atoms with Gasteiger partial charge in [0.1, 0.15) is 28.4 Å². The van der Waals surface area contributed by atoms with E-state index in [4.69, 9.17) is 4.74 Å². The van der Waals surface area contributed by atoms with E-state index in [-0.39, 0.29) is 0 Å². The second kappa shape index (κ2) is 8.14. The molecular weight excluding hydrogens is 374 g/mol. The van der Waals surface area contributed by atoms with Gasteiger partial charge in [-0.05, 0) is 62.2 Å². The summed E-state index contributed by atoms with van der Waals surface area (Å²) >= 11 is 0. The normalized spacial score (nSPS) is 10.7. The van der Waals surface area contributed by atoms with Crippen LogP contribution < -0.4 is 14.5 Å². The van der Waals surface area contributed by atoms with Crippen molar-refractivity contribution in [3.05, 3.63) is 65.2 Å². The van der Waals surface area contributed by atoms with Crippen LogP contribution in [0.25, 0.3) is 16.7 Å². The third kappa shape index (κ3) is 3.29. The number of benzene rings is 2. The predicted molar refractivity (Wildman–Crippen MR) is 116 cm³/mol. The van der Waals surface area contributed by atoms with E-state index < -0.39 is 0 Å². The number of aromatic nitrogens is 2. The molecule has 0 amide bonds. The van der Waals surface area contributed by atoms with Crippen LogP contribution in [0.1, 0.15) is 30.0 Å². The third-order valence-corrected chi connectivity index (χ3v) is 5.22. The number of fused-ring (bicyclic) bond motifs is 3. The van der Waals surface area contributed by atoms with Gasteiger partial charge in [-0.2, -0.15) is 14.9 Å². The van der Waals surface area contributed by atoms with Crippen molar-refractivity contribution in [1.29, 1.82) is 10.5 Å². The molecule has 0 aliphatic rings. The van der Waals surface area contributed by atoms with Crippen molar-refractivity contribution in [3.63, 3.8) is 0 Å². The fourth-order valence-corrected chi connectivity index (χ4v) is 3.82. The standard InChI is InChI=1S/C24H21N5O/c1-3-30-18-12-10-17(11-13-18)27-23-19(7-6-14-25)16(2)20(15-26)24-28-21-8-4-5-9-22(21)29(23)24/h4-5,8-13H,3,6-7H2,1-2H3,(H,27,28)/p+1. The molecule has 0 aliphatic heterocycles. The minimum atomic E-state index is 0.373. The van der Waals surface area contributed by atoms with Crippen LogP contribution in [0.4, 0.5) is 11.5 Å². The van der Waals surface area contributed by atoms with E-state index in [1.54, 1.807) is 0 Å². The number of para-hydroxylation sites is 2. The number of aromatic amines is 1. The molecule has 6 nitrogen and oxygen atoms in total. The monoisotopic (exact) mass is 396 g/mol. The van der Waals surface area contributed by atoms with E-state index in [1.807, 2.05) is 66.8 Å². The van der Waals surface area contributed by atoms with Crippen LogP contribution in [0.3, 0.4) is 0 Å². The van der Waals surface area contributed by atoms with Gasteiger partial charge < -0.3 is 4.74 Å². The van der Waals surface area contributed by atoms with Gasteiger partial charge in [0.25, 0.3) is 0 Å². The number of imidazole rings is 1. The van der Waals surface area contributed by atoms with E-state index in [2.05, 4.69) is 22.4 Å². The minimum absolute atomic E-state index is 0.373. The van der Waals surface area contributed by atoms with Gasteiger partial charge >= 0.3 is 0 Å². The third-order valence-electron chi connectivity index (χ3n) is 5.22. The van der Waals surface area contributed by atoms with E-state index in [1.165, 1.54) is 0 Å². The molecule has 0 bridgehead atoms. The predicted octanol–water partition coefficient (Wildman–Crippen LogP) is 4.69. The van der Waals surface area contributed by atoms with Gasteiger partial charge in [0.15, 0.2) is 0 Å². The fraction of sp³-hybridized carbons (Fsp3) is 0.208. The molecule has 30 heavy (non-hydrogen) atoms. The highest BCUT2D eigenvalue weighted by Gasteiger charge is 2.25. The Hall–Kier alpha value is -4.03. The Morgan fingerprint density at radius 3 is 2.57 bits per heavy atom. The maximum absolute atomic E-state index is 9.87. The van der Waals surface area contributed by atoms with Crippen LogP contribution in [-0.2, 0) is 6.42 Å². The summed E-state index contributed by atoms with van der Waals surface area (Å²) in [6.07, 6.45) is 0.927. The Bertz CT molecular complexity index is 1310. The van der Waals surface area contributed by atoms with Crippen molar-refractivity contribution in [2.45, 2.75) is 26.7 Å². The highest BCUT2D eigenvalue weighted by Crippen LogP contribution is 2.29. The summed E-state index contributed by atoms with van der Waals surface area (Å²) in [7, 11) is 0. The first-order chi connectivity index (χ1) is 14.7. The molecule has 2 aromatic heterocycles. The molecule has 0 spiro atoms. The van der Waals surface area contributed by atoms with Crippen molar-refractivity contribution in [1.82, 2.24) is 4.98 Å². The molecule has 2 N–H and O–H groups in total. The smallest absolute Gasteiger partial charge is 0.250 e. The second-order valence-electron chi connectivity index (χ2n) is 7.01. The molecule has 0 unspecified atom stereocenters. The minimum Gasteiger partial charge on any atom is -0.494 e. The number of ether oxygens (including phenoxy) is 1. The average Bonchev–Trinajstić information content (AvgIpc) is 3.14. The zero-order valence-corrected chi connectivity index (χ0v) is 17.0. The molecule has 0 radical (unpaired) electrons. The number of H-pyrrole nitrogens is 1. The van der Waals surface area contributed by atoms with Crippen molar-refractivity contribution in [2.75, 3.05) is 11.9 Å². The van der Waals surface area contributed by atoms with Crippen LogP contribution in [0, 0.1) is 29.6 Å². The molecule has 0 saturated heterocycles. The first-order valence-electron chi connectivity index (χ1n) is 9.92. The fourth-order valence-electron chi connectivity index (χ4n) is 3.82. The van der Waals surface area contributed by atoms with Gasteiger partial charge in [0.05, 0.1) is 18.4 Å². The number of nitrogens with zero attached hydrogens (tertiary/aromatic N) is 3. The van der Waals surface area contributed by atoms with Crippen LogP contribution in [0.15, 0.2) is 48.5 Å². The summed E-state index contributed by atoms with van der Waals surface area (Å²) in [5, 5.41) is 22.6. The van der Waals surface area contributed by atoms with E-state index in [0.29, 0.717) is 25.0 Å². The first kappa shape index (κ1) is 19.3. The Kier molecular flexibility index (Phi) is 5.24. The second-order valence-corrected chi connectivity index (χ2v) is 7.01. The molecule has 148 valence electrons. The van der Waals surface area contributed by atoms with Crippen LogP contribution >= 0.6 is 0 Å². The van der Waals surface area contributed by atoms with Gasteiger partial charge in [0, 0.05) is 12.0 Å². The Labute approximate surface area is 175 Å². The lowest BCUT2D eigenvalue weighted by atomic mass is 10.0. The largest absolute Gasteiger partial charge is 0.494 e. The van der Waals surface area contributed by atoms with Crippen LogP contribution in [-0.4, -0.2) is 11.6 Å². The van der Waals surface area contributed by atoms with Gasteiger partial charge in [-0.25, -0.2) is 0 Å². The molecule has 0 saturated carbocycles. The lowest BCUT2D eigenvalue weighted by Crippen LogP contribution is -2.28. The van der Waals surface area contributed by atoms with E-state index >= 15 is 0 Å². The summed E-state index contributed by atoms with van der Waals surface area (Å²) in [6, 6.07) is 20.3. The lowest BCUT2D eigenvalue weighted by molar-refractivity contribution is -0.465. The lowest BCUT2D eigenvalue weighted by Gasteiger charge is -2.13. The average molecular weight is 396 g/mol. The summed E-state index contributed by atoms with van der Waals surface area (Å²) in [5.74, 6) is 1.67. The zero-order valence-electron chi connectivity index (χ0n) is 17.0. The molecule has 4 aromatic rings. The van der Waals surface area contributed by atoms with Gasteiger partial charge in [-0.1, -0.05) is 12.1 Å². The Balaban J connectivity index is 1.97. The molecule has 6 heteroatoms. The molecule has 0 aliphatic carbocycles. The summed E-state index contributed by atoms with van der Waals surface area (Å²) in [5.41, 5.74) is 6.00. The maximum atomic E-state index is 9.87. The summed E-state index contributed by atoms with van der Waals surface area (Å²) in [4.78, 5) is 3.39. The van der Waals surface area contributed by atoms with Crippen molar-refractivity contribution in [3.8, 4) is 17.9 Å². The number of nitriles is 2.